The summed E-state index contributed by atoms with van der Waals surface area (Å²) in [4.78, 5) is 32.2. The van der Waals surface area contributed by atoms with Gasteiger partial charge in [-0.3, -0.25) is 14.6 Å². The van der Waals surface area contributed by atoms with Crippen LogP contribution in [-0.4, -0.2) is 103 Å². The van der Waals surface area contributed by atoms with Crippen molar-refractivity contribution in [1.82, 2.24) is 29.2 Å². The second-order valence-corrected chi connectivity index (χ2v) is 24.4. The summed E-state index contributed by atoms with van der Waals surface area (Å²) in [6.45, 7) is 5.82. The topological polar surface area (TPSA) is 177 Å². The Balaban J connectivity index is 0.000000204. The van der Waals surface area contributed by atoms with E-state index in [1.165, 1.54) is 30.3 Å². The molecule has 6 aromatic rings. The van der Waals surface area contributed by atoms with E-state index in [4.69, 9.17) is 20.9 Å². The molecular weight excluding hydrogens is 1200 g/mol. The van der Waals surface area contributed by atoms with Crippen molar-refractivity contribution in [1.29, 1.82) is 0 Å². The zero-order valence-corrected chi connectivity index (χ0v) is 46.9. The highest BCUT2D eigenvalue weighted by atomic mass is 35.5. The van der Waals surface area contributed by atoms with E-state index in [0.717, 1.165) is 83.2 Å². The van der Waals surface area contributed by atoms with Crippen molar-refractivity contribution in [2.75, 3.05) is 13.1 Å². The SMILES string of the molecule is CC1(C)OB(c2ccc(F)c(CNC(=O)[C@@H]3C[C@@H](F)CN3S(=O)(=O)c3ccc(F)cc3)c2)OC1(C)C.FC(F)(F)c1ccc(Cl)nc1.O=C(NCc1cc(-c2ccc(C(F)(F)F)cn2)ccc1F)[C@@H]1C[C@@H](F)CN1S(=O)(=O)c1ccc(F)cc1. The monoisotopic (exact) mass is 1250 g/mol. The lowest BCUT2D eigenvalue weighted by molar-refractivity contribution is -0.138. The summed E-state index contributed by atoms with van der Waals surface area (Å²) < 4.78 is 223. The maximum Gasteiger partial charge on any atom is 0.494 e. The van der Waals surface area contributed by atoms with Crippen LogP contribution in [0.15, 0.2) is 131 Å². The van der Waals surface area contributed by atoms with E-state index in [0.29, 0.717) is 22.2 Å². The molecular formula is C54H50BClF12N6O8S2. The molecule has 0 aliphatic carbocycles. The van der Waals surface area contributed by atoms with Crippen LogP contribution in [-0.2, 0) is 64.4 Å². The molecule has 0 saturated carbocycles. The van der Waals surface area contributed by atoms with Crippen LogP contribution >= 0.6 is 11.6 Å². The van der Waals surface area contributed by atoms with Crippen molar-refractivity contribution in [3.63, 3.8) is 0 Å². The number of nitrogens with one attached hydrogen (secondary N) is 2. The molecule has 0 radical (unpaired) electrons. The third-order valence-corrected chi connectivity index (χ3v) is 17.8. The van der Waals surface area contributed by atoms with E-state index in [1.807, 2.05) is 27.7 Å². The average Bonchev–Trinajstić information content (AvgIpc) is 4.29. The average molecular weight is 1250 g/mol. The van der Waals surface area contributed by atoms with Gasteiger partial charge in [0.15, 0.2) is 0 Å². The number of carbonyl (C=O) groups excluding carboxylic acids is 2. The van der Waals surface area contributed by atoms with Gasteiger partial charge in [0.2, 0.25) is 31.9 Å². The number of halogens is 13. The number of benzene rings is 4. The van der Waals surface area contributed by atoms with Gasteiger partial charge >= 0.3 is 19.5 Å². The standard InChI is InChI=1S/C24H28BF3N2O5S.C24H19F6N3O3S.C6H3ClF3N/c1-23(2)24(3,4)35-25(34-23)16-5-10-20(28)15(11-16)13-29-22(31)21-12-18(27)14-30(21)36(32,33)19-8-6-17(26)7-9-19;25-17-3-5-19(6-4-17)37(35,36)33-13-18(26)10-22(33)23(34)32-11-15-9-14(1-7-20(15)27)21-8-2-16(12-31-21)24(28,29)30;7-5-2-1-4(3-11-5)6(8,9)10/h5-11,18,21H,12-14H2,1-4H3,(H,29,31);1-9,12,18,22H,10-11,13H2,(H,32,34);1-3H/t18-,21+;18-,22+;/m11./s1. The molecule has 3 fully saturated rings. The molecule has 3 aliphatic rings. The molecule has 0 bridgehead atoms. The molecule has 30 heteroatoms. The molecule has 0 spiro atoms. The van der Waals surface area contributed by atoms with Crippen molar-refractivity contribution < 1.29 is 88.4 Å². The summed E-state index contributed by atoms with van der Waals surface area (Å²) in [6.07, 6.45) is -11.5. The minimum absolute atomic E-state index is 0.0460. The molecule has 2 N–H and O–H groups in total. The van der Waals surface area contributed by atoms with Gasteiger partial charge in [-0.05, 0) is 130 Å². The first-order chi connectivity index (χ1) is 39.1. The molecule has 84 heavy (non-hydrogen) atoms. The van der Waals surface area contributed by atoms with E-state index >= 15 is 0 Å². The minimum atomic E-state index is -4.57. The van der Waals surface area contributed by atoms with Crippen molar-refractivity contribution in [2.24, 2.45) is 0 Å². The largest absolute Gasteiger partial charge is 0.494 e. The second kappa shape index (κ2) is 25.5. The molecule has 3 saturated heterocycles. The van der Waals surface area contributed by atoms with Gasteiger partial charge in [0.05, 0.1) is 37.8 Å². The van der Waals surface area contributed by atoms with Gasteiger partial charge in [-0.15, -0.1) is 0 Å². The Morgan fingerprint density at radius 3 is 1.43 bits per heavy atom. The fourth-order valence-corrected chi connectivity index (χ4v) is 12.0. The van der Waals surface area contributed by atoms with Gasteiger partial charge in [0.1, 0.15) is 52.8 Å². The van der Waals surface area contributed by atoms with E-state index in [2.05, 4.69) is 20.6 Å². The zero-order chi connectivity index (χ0) is 61.9. The first kappa shape index (κ1) is 64.9. The molecule has 14 nitrogen and oxygen atoms in total. The highest BCUT2D eigenvalue weighted by Gasteiger charge is 2.52. The summed E-state index contributed by atoms with van der Waals surface area (Å²) in [5.41, 5.74) is -1.86. The molecule has 5 heterocycles. The number of aromatic nitrogens is 2. The normalized spacial score (nSPS) is 19.9. The van der Waals surface area contributed by atoms with Crippen LogP contribution < -0.4 is 16.1 Å². The van der Waals surface area contributed by atoms with Crippen LogP contribution in [0.5, 0.6) is 0 Å². The predicted molar refractivity (Wildman–Crippen MR) is 282 cm³/mol. The van der Waals surface area contributed by atoms with Gasteiger partial charge in [0, 0.05) is 68.1 Å². The Labute approximate surface area is 479 Å². The Morgan fingerprint density at radius 1 is 0.607 bits per heavy atom. The molecule has 0 unspecified atom stereocenters. The number of carbonyl (C=O) groups is 2. The highest BCUT2D eigenvalue weighted by molar-refractivity contribution is 7.89. The van der Waals surface area contributed by atoms with Crippen LogP contribution in [0.2, 0.25) is 5.15 Å². The van der Waals surface area contributed by atoms with E-state index in [-0.39, 0.29) is 50.3 Å². The first-order valence-electron chi connectivity index (χ1n) is 25.1. The van der Waals surface area contributed by atoms with Crippen molar-refractivity contribution in [3.05, 3.63) is 172 Å². The Bertz CT molecular complexity index is 3540. The zero-order valence-electron chi connectivity index (χ0n) is 44.5. The van der Waals surface area contributed by atoms with Crippen LogP contribution in [0.3, 0.4) is 0 Å². The van der Waals surface area contributed by atoms with E-state index in [9.17, 15) is 79.1 Å². The molecule has 450 valence electrons. The van der Waals surface area contributed by atoms with Gasteiger partial charge in [0.25, 0.3) is 0 Å². The number of hydrogen-bond acceptors (Lipinski definition) is 10. The van der Waals surface area contributed by atoms with Crippen LogP contribution in [0.4, 0.5) is 52.7 Å². The van der Waals surface area contributed by atoms with E-state index < -0.39 is 147 Å². The lowest BCUT2D eigenvalue weighted by Crippen LogP contribution is -2.45. The molecule has 4 aromatic carbocycles. The Hall–Kier alpha value is -6.63. The summed E-state index contributed by atoms with van der Waals surface area (Å²) in [5.74, 6) is -4.25. The molecule has 3 aliphatic heterocycles. The predicted octanol–water partition coefficient (Wildman–Crippen LogP) is 9.90. The maximum atomic E-state index is 14.5. The van der Waals surface area contributed by atoms with Crippen molar-refractivity contribution in [2.45, 2.75) is 111 Å². The second-order valence-electron chi connectivity index (χ2n) is 20.2. The molecule has 2 amide bonds. The number of pyridine rings is 2. The van der Waals surface area contributed by atoms with Crippen LogP contribution in [0.1, 0.15) is 62.8 Å². The summed E-state index contributed by atoms with van der Waals surface area (Å²) in [6, 6.07) is 17.0. The third kappa shape index (κ3) is 15.4. The summed E-state index contributed by atoms with van der Waals surface area (Å²) in [7, 11) is -9.31. The van der Waals surface area contributed by atoms with Crippen molar-refractivity contribution in [3.8, 4) is 11.3 Å². The minimum Gasteiger partial charge on any atom is -0.399 e. The Morgan fingerprint density at radius 2 is 1.02 bits per heavy atom. The maximum absolute atomic E-state index is 14.5. The smallest absolute Gasteiger partial charge is 0.399 e. The third-order valence-electron chi connectivity index (χ3n) is 13.8. The number of rotatable bonds is 12. The van der Waals surface area contributed by atoms with Crippen LogP contribution in [0, 0.1) is 23.3 Å². The fourth-order valence-electron chi connectivity index (χ4n) is 8.61. The summed E-state index contributed by atoms with van der Waals surface area (Å²) in [5, 5.41) is 4.97. The lowest BCUT2D eigenvalue weighted by atomic mass is 9.78. The molecule has 9 rings (SSSR count). The summed E-state index contributed by atoms with van der Waals surface area (Å²) >= 11 is 5.28. The number of hydrogen-bond donors (Lipinski definition) is 2. The quantitative estimate of drug-likeness (QED) is 0.0681. The fraction of sp³-hybridized carbons (Fsp3) is 0.333. The number of amides is 2. The van der Waals surface area contributed by atoms with Gasteiger partial charge in [-0.1, -0.05) is 23.7 Å². The van der Waals surface area contributed by atoms with E-state index in [1.54, 1.807) is 0 Å². The van der Waals surface area contributed by atoms with Gasteiger partial charge in [-0.2, -0.15) is 35.0 Å². The van der Waals surface area contributed by atoms with Crippen LogP contribution in [0.25, 0.3) is 11.3 Å². The highest BCUT2D eigenvalue weighted by Crippen LogP contribution is 2.37. The number of sulfonamides is 2. The van der Waals surface area contributed by atoms with Gasteiger partial charge < -0.3 is 19.9 Å². The van der Waals surface area contributed by atoms with Gasteiger partial charge in [-0.25, -0.2) is 48.2 Å². The van der Waals surface area contributed by atoms with Crippen molar-refractivity contribution >= 4 is 56.0 Å². The molecule has 4 atom stereocenters. The first-order valence-corrected chi connectivity index (χ1v) is 28.4. The number of nitrogens with zero attached hydrogens (tertiary/aromatic N) is 4. The Kier molecular flexibility index (Phi) is 19.7. The molecule has 2 aromatic heterocycles. The lowest BCUT2D eigenvalue weighted by Gasteiger charge is -2.32. The number of alkyl halides is 8.